The number of aromatic nitrogens is 3. The summed E-state index contributed by atoms with van der Waals surface area (Å²) < 4.78 is 47.7. The van der Waals surface area contributed by atoms with Gasteiger partial charge in [-0.2, -0.15) is 0 Å². The normalized spacial score (nSPS) is 23.2. The SMILES string of the molecule is N/C=C(/c1ccccc1)N(N)C1CC(n2cc(-c3cc(F)c(F)c(F)c3)nn2)C(O)C(CO)O1. The second kappa shape index (κ2) is 9.81. The molecule has 1 aromatic heterocycles. The van der Waals surface area contributed by atoms with Crippen molar-refractivity contribution in [1.82, 2.24) is 20.0 Å². The van der Waals surface area contributed by atoms with E-state index in [9.17, 15) is 23.4 Å². The zero-order chi connectivity index (χ0) is 24.4. The number of aliphatic hydroxyl groups excluding tert-OH is 2. The highest BCUT2D eigenvalue weighted by molar-refractivity contribution is 5.63. The molecule has 2 heterocycles. The van der Waals surface area contributed by atoms with Gasteiger partial charge in [0.05, 0.1) is 24.5 Å². The maximum absolute atomic E-state index is 13.6. The lowest BCUT2D eigenvalue weighted by atomic mass is 9.97. The fourth-order valence-electron chi connectivity index (χ4n) is 3.90. The summed E-state index contributed by atoms with van der Waals surface area (Å²) in [6, 6.07) is 9.91. The zero-order valence-corrected chi connectivity index (χ0v) is 17.8. The zero-order valence-electron chi connectivity index (χ0n) is 17.8. The number of halogens is 3. The molecule has 1 aliphatic rings. The Morgan fingerprint density at radius 1 is 1.21 bits per heavy atom. The summed E-state index contributed by atoms with van der Waals surface area (Å²) in [7, 11) is 0. The molecule has 180 valence electrons. The van der Waals surface area contributed by atoms with Crippen LogP contribution in [-0.4, -0.2) is 55.3 Å². The number of nitrogens with zero attached hydrogens (tertiary/aromatic N) is 4. The molecule has 1 saturated heterocycles. The van der Waals surface area contributed by atoms with E-state index >= 15 is 0 Å². The Hall–Kier alpha value is -3.45. The molecule has 0 bridgehead atoms. The van der Waals surface area contributed by atoms with Gasteiger partial charge < -0.3 is 20.7 Å². The maximum atomic E-state index is 13.6. The highest BCUT2D eigenvalue weighted by atomic mass is 19.2. The van der Waals surface area contributed by atoms with Crippen molar-refractivity contribution in [3.05, 3.63) is 77.9 Å². The van der Waals surface area contributed by atoms with Crippen molar-refractivity contribution < 1.29 is 28.1 Å². The van der Waals surface area contributed by atoms with E-state index in [4.69, 9.17) is 16.3 Å². The van der Waals surface area contributed by atoms with Gasteiger partial charge in [0.2, 0.25) is 0 Å². The topological polar surface area (TPSA) is 136 Å². The number of benzene rings is 2. The van der Waals surface area contributed by atoms with Gasteiger partial charge in [-0.3, -0.25) is 5.01 Å². The minimum absolute atomic E-state index is 0.0302. The molecule has 0 radical (unpaired) electrons. The first kappa shape index (κ1) is 23.7. The number of hydrazine groups is 1. The smallest absolute Gasteiger partial charge is 0.194 e. The summed E-state index contributed by atoms with van der Waals surface area (Å²) in [5.74, 6) is 2.00. The van der Waals surface area contributed by atoms with Crippen LogP contribution < -0.4 is 11.6 Å². The molecule has 4 rings (SSSR count). The average molecular weight is 476 g/mol. The maximum Gasteiger partial charge on any atom is 0.194 e. The number of hydrogen-bond donors (Lipinski definition) is 4. The van der Waals surface area contributed by atoms with E-state index in [0.29, 0.717) is 5.70 Å². The lowest BCUT2D eigenvalue weighted by Crippen LogP contribution is -2.54. The molecule has 34 heavy (non-hydrogen) atoms. The number of rotatable bonds is 6. The van der Waals surface area contributed by atoms with Crippen LogP contribution in [0.25, 0.3) is 17.0 Å². The monoisotopic (exact) mass is 476 g/mol. The molecular formula is C22H23F3N6O3. The molecule has 1 fully saturated rings. The Morgan fingerprint density at radius 2 is 1.88 bits per heavy atom. The van der Waals surface area contributed by atoms with Crippen molar-refractivity contribution in [2.24, 2.45) is 11.6 Å². The number of hydrogen-bond acceptors (Lipinski definition) is 8. The van der Waals surface area contributed by atoms with Gasteiger partial charge in [-0.1, -0.05) is 35.5 Å². The van der Waals surface area contributed by atoms with Crippen molar-refractivity contribution in [3.8, 4) is 11.3 Å². The Balaban J connectivity index is 1.62. The van der Waals surface area contributed by atoms with Gasteiger partial charge in [0.1, 0.15) is 24.1 Å². The molecule has 0 amide bonds. The van der Waals surface area contributed by atoms with Crippen molar-refractivity contribution in [2.75, 3.05) is 6.61 Å². The standard InChI is InChI=1S/C22H23F3N6O3/c23-14-6-13(7-15(24)21(14)25)16-10-30(29-28-16)17-8-20(34-19(11-32)22(17)33)31(27)18(9-26)12-4-2-1-3-5-12/h1-7,9-10,17,19-20,22,32-33H,8,11,26-27H2/b18-9-. The molecule has 3 aromatic rings. The van der Waals surface area contributed by atoms with Gasteiger partial charge in [0.25, 0.3) is 0 Å². The van der Waals surface area contributed by atoms with Crippen LogP contribution in [0.1, 0.15) is 18.0 Å². The average Bonchev–Trinajstić information content (AvgIpc) is 3.33. The first-order valence-corrected chi connectivity index (χ1v) is 10.4. The fraction of sp³-hybridized carbons (Fsp3) is 0.273. The van der Waals surface area contributed by atoms with Crippen molar-refractivity contribution >= 4 is 5.70 Å². The van der Waals surface area contributed by atoms with Crippen LogP contribution in [0, 0.1) is 17.5 Å². The summed E-state index contributed by atoms with van der Waals surface area (Å²) in [4.78, 5) is 0. The predicted octanol–water partition coefficient (Wildman–Crippen LogP) is 1.50. The van der Waals surface area contributed by atoms with Crippen LogP contribution in [0.4, 0.5) is 13.2 Å². The number of aliphatic hydroxyl groups is 2. The molecule has 6 N–H and O–H groups in total. The Morgan fingerprint density at radius 3 is 2.50 bits per heavy atom. The minimum atomic E-state index is -1.59. The van der Waals surface area contributed by atoms with Gasteiger partial charge in [0.15, 0.2) is 17.5 Å². The van der Waals surface area contributed by atoms with Gasteiger partial charge in [0, 0.05) is 23.7 Å². The lowest BCUT2D eigenvalue weighted by Gasteiger charge is -2.42. The second-order valence-electron chi connectivity index (χ2n) is 7.77. The van der Waals surface area contributed by atoms with Crippen molar-refractivity contribution in [3.63, 3.8) is 0 Å². The largest absolute Gasteiger partial charge is 0.403 e. The summed E-state index contributed by atoms with van der Waals surface area (Å²) >= 11 is 0. The molecule has 0 saturated carbocycles. The molecule has 4 unspecified atom stereocenters. The van der Waals surface area contributed by atoms with Gasteiger partial charge >= 0.3 is 0 Å². The summed E-state index contributed by atoms with van der Waals surface area (Å²) in [5, 5.41) is 29.7. The van der Waals surface area contributed by atoms with E-state index in [2.05, 4.69) is 10.3 Å². The summed E-state index contributed by atoms with van der Waals surface area (Å²) in [5.41, 5.74) is 7.01. The van der Waals surface area contributed by atoms with Crippen LogP contribution >= 0.6 is 0 Å². The highest BCUT2D eigenvalue weighted by Gasteiger charge is 2.41. The van der Waals surface area contributed by atoms with E-state index in [1.807, 2.05) is 30.3 Å². The first-order valence-electron chi connectivity index (χ1n) is 10.4. The fourth-order valence-corrected chi connectivity index (χ4v) is 3.90. The van der Waals surface area contributed by atoms with Crippen molar-refractivity contribution in [2.45, 2.75) is 30.9 Å². The molecule has 12 heteroatoms. The Labute approximate surface area is 192 Å². The Kier molecular flexibility index (Phi) is 6.84. The van der Waals surface area contributed by atoms with Gasteiger partial charge in [-0.05, 0) is 12.1 Å². The molecule has 0 aliphatic carbocycles. The predicted molar refractivity (Wildman–Crippen MR) is 115 cm³/mol. The third-order valence-corrected chi connectivity index (χ3v) is 5.68. The van der Waals surface area contributed by atoms with Crippen LogP contribution in [0.15, 0.2) is 54.9 Å². The van der Waals surface area contributed by atoms with Crippen LogP contribution in [-0.2, 0) is 4.74 Å². The van der Waals surface area contributed by atoms with E-state index in [1.165, 1.54) is 22.1 Å². The highest BCUT2D eigenvalue weighted by Crippen LogP contribution is 2.33. The van der Waals surface area contributed by atoms with Crippen LogP contribution in [0.2, 0.25) is 0 Å². The van der Waals surface area contributed by atoms with E-state index in [-0.39, 0.29) is 17.7 Å². The first-order chi connectivity index (χ1) is 16.3. The van der Waals surface area contributed by atoms with Gasteiger partial charge in [-0.25, -0.2) is 23.7 Å². The molecule has 0 spiro atoms. The molecule has 9 nitrogen and oxygen atoms in total. The Bertz CT molecular complexity index is 1150. The lowest BCUT2D eigenvalue weighted by molar-refractivity contribution is -0.190. The van der Waals surface area contributed by atoms with E-state index < -0.39 is 48.5 Å². The molecule has 4 atom stereocenters. The number of ether oxygens (including phenoxy) is 1. The molecule has 2 aromatic carbocycles. The van der Waals surface area contributed by atoms with Crippen LogP contribution in [0.3, 0.4) is 0 Å². The molecular weight excluding hydrogens is 453 g/mol. The summed E-state index contributed by atoms with van der Waals surface area (Å²) in [6.07, 6.45) is -0.264. The van der Waals surface area contributed by atoms with Crippen molar-refractivity contribution in [1.29, 1.82) is 0 Å². The van der Waals surface area contributed by atoms with E-state index in [0.717, 1.165) is 17.7 Å². The number of nitrogens with two attached hydrogens (primary N) is 2. The van der Waals surface area contributed by atoms with Gasteiger partial charge in [-0.15, -0.1) is 5.10 Å². The summed E-state index contributed by atoms with van der Waals surface area (Å²) in [6.45, 7) is -0.509. The molecule has 1 aliphatic heterocycles. The van der Waals surface area contributed by atoms with Crippen LogP contribution in [0.5, 0.6) is 0 Å². The minimum Gasteiger partial charge on any atom is -0.403 e. The third kappa shape index (κ3) is 4.48. The van der Waals surface area contributed by atoms with E-state index in [1.54, 1.807) is 0 Å². The third-order valence-electron chi connectivity index (χ3n) is 5.68. The second-order valence-corrected chi connectivity index (χ2v) is 7.77. The quantitative estimate of drug-likeness (QED) is 0.239.